The molecule has 0 amide bonds. The van der Waals surface area contributed by atoms with Crippen LogP contribution in [0, 0.1) is 5.92 Å². The Morgan fingerprint density at radius 2 is 2.04 bits per heavy atom. The van der Waals surface area contributed by atoms with Crippen molar-refractivity contribution in [2.75, 3.05) is 24.5 Å². The van der Waals surface area contributed by atoms with Gasteiger partial charge in [0.15, 0.2) is 0 Å². The molecule has 0 radical (unpaired) electrons. The zero-order valence-electron chi connectivity index (χ0n) is 15.3. The van der Waals surface area contributed by atoms with Crippen LogP contribution in [0.2, 0.25) is 0 Å². The fourth-order valence-corrected chi connectivity index (χ4v) is 3.77. The van der Waals surface area contributed by atoms with Gasteiger partial charge in [-0.1, -0.05) is 13.0 Å². The molecule has 0 unspecified atom stereocenters. The first-order valence-electron chi connectivity index (χ1n) is 9.33. The Labute approximate surface area is 157 Å². The first-order chi connectivity index (χ1) is 11.7. The molecule has 4 rings (SSSR count). The Hall–Kier alpha value is -1.52. The van der Waals surface area contributed by atoms with Gasteiger partial charge in [-0.25, -0.2) is 0 Å². The molecule has 2 aromatic rings. The van der Waals surface area contributed by atoms with Gasteiger partial charge in [-0.2, -0.15) is 5.10 Å². The molecule has 5 heteroatoms. The third-order valence-corrected chi connectivity index (χ3v) is 5.26. The summed E-state index contributed by atoms with van der Waals surface area (Å²) in [6.45, 7) is 6.90. The summed E-state index contributed by atoms with van der Waals surface area (Å²) in [4.78, 5) is 5.05. The molecule has 2 aliphatic rings. The molecule has 0 N–H and O–H groups in total. The van der Waals surface area contributed by atoms with Crippen LogP contribution in [0.4, 0.5) is 11.4 Å². The van der Waals surface area contributed by atoms with E-state index in [1.807, 2.05) is 17.9 Å². The van der Waals surface area contributed by atoms with E-state index in [-0.39, 0.29) is 12.4 Å². The monoisotopic (exact) mass is 360 g/mol. The van der Waals surface area contributed by atoms with Crippen LogP contribution in [0.25, 0.3) is 0 Å². The molecule has 136 valence electrons. The number of rotatable bonds is 6. The number of hydrogen-bond acceptors (Lipinski definition) is 3. The maximum Gasteiger partial charge on any atom is 0.0796 e. The first-order valence-corrected chi connectivity index (χ1v) is 9.33. The minimum Gasteiger partial charge on any atom is -0.339 e. The molecule has 4 nitrogen and oxygen atoms in total. The van der Waals surface area contributed by atoms with Crippen molar-refractivity contribution in [2.45, 2.75) is 39.2 Å². The number of aryl methyl sites for hydroxylation is 1. The summed E-state index contributed by atoms with van der Waals surface area (Å²) in [7, 11) is 1.98. The van der Waals surface area contributed by atoms with Crippen molar-refractivity contribution < 1.29 is 0 Å². The van der Waals surface area contributed by atoms with Crippen LogP contribution in [0.5, 0.6) is 0 Å². The van der Waals surface area contributed by atoms with E-state index in [4.69, 9.17) is 0 Å². The number of aromatic nitrogens is 2. The first kappa shape index (κ1) is 18.3. The lowest BCUT2D eigenvalue weighted by molar-refractivity contribution is 0.244. The number of fused-ring (bicyclic) bond motifs is 1. The highest BCUT2D eigenvalue weighted by Gasteiger charge is 2.26. The highest BCUT2D eigenvalue weighted by atomic mass is 35.5. The van der Waals surface area contributed by atoms with Crippen LogP contribution >= 0.6 is 12.4 Å². The summed E-state index contributed by atoms with van der Waals surface area (Å²) in [6, 6.07) is 7.05. The lowest BCUT2D eigenvalue weighted by atomic mass is 9.98. The van der Waals surface area contributed by atoms with E-state index >= 15 is 0 Å². The van der Waals surface area contributed by atoms with E-state index in [2.05, 4.69) is 46.2 Å². The van der Waals surface area contributed by atoms with E-state index < -0.39 is 0 Å². The summed E-state index contributed by atoms with van der Waals surface area (Å²) in [6.07, 6.45) is 9.27. The quantitative estimate of drug-likeness (QED) is 0.773. The van der Waals surface area contributed by atoms with Gasteiger partial charge in [0.2, 0.25) is 0 Å². The topological polar surface area (TPSA) is 24.3 Å². The molecule has 0 saturated heterocycles. The molecule has 1 aliphatic carbocycles. The minimum absolute atomic E-state index is 0. The van der Waals surface area contributed by atoms with Crippen LogP contribution in [0.15, 0.2) is 30.6 Å². The van der Waals surface area contributed by atoms with Crippen molar-refractivity contribution in [1.29, 1.82) is 0 Å². The van der Waals surface area contributed by atoms with Crippen LogP contribution in [-0.4, -0.2) is 34.3 Å². The summed E-state index contributed by atoms with van der Waals surface area (Å²) >= 11 is 0. The van der Waals surface area contributed by atoms with Gasteiger partial charge in [0.25, 0.3) is 0 Å². The van der Waals surface area contributed by atoms with Gasteiger partial charge < -0.3 is 4.90 Å². The van der Waals surface area contributed by atoms with Gasteiger partial charge in [0.1, 0.15) is 0 Å². The van der Waals surface area contributed by atoms with E-state index in [1.54, 1.807) is 0 Å². The predicted molar refractivity (Wildman–Crippen MR) is 106 cm³/mol. The van der Waals surface area contributed by atoms with Crippen LogP contribution in [-0.2, 0) is 20.0 Å². The summed E-state index contributed by atoms with van der Waals surface area (Å²) in [5, 5.41) is 4.35. The molecule has 1 aromatic carbocycles. The van der Waals surface area contributed by atoms with Crippen LogP contribution in [0.3, 0.4) is 0 Å². The summed E-state index contributed by atoms with van der Waals surface area (Å²) in [5.41, 5.74) is 5.54. The fraction of sp³-hybridized carbons (Fsp3) is 0.550. The lowest BCUT2D eigenvalue weighted by Gasteiger charge is -2.30. The average Bonchev–Trinajstić information content (AvgIpc) is 3.30. The predicted octanol–water partition coefficient (Wildman–Crippen LogP) is 4.16. The average molecular weight is 361 g/mol. The molecular formula is C20H29ClN4. The fourth-order valence-electron chi connectivity index (χ4n) is 3.77. The van der Waals surface area contributed by atoms with Gasteiger partial charge in [-0.3, -0.25) is 9.58 Å². The largest absolute Gasteiger partial charge is 0.339 e. The number of benzene rings is 1. The van der Waals surface area contributed by atoms with E-state index in [0.29, 0.717) is 0 Å². The van der Waals surface area contributed by atoms with Crippen LogP contribution in [0.1, 0.15) is 37.3 Å². The van der Waals surface area contributed by atoms with Gasteiger partial charge in [0.05, 0.1) is 11.9 Å². The van der Waals surface area contributed by atoms with Gasteiger partial charge in [-0.15, -0.1) is 12.4 Å². The van der Waals surface area contributed by atoms with Crippen molar-refractivity contribution in [1.82, 2.24) is 14.7 Å². The van der Waals surface area contributed by atoms with Gasteiger partial charge in [-0.05, 0) is 54.9 Å². The molecule has 0 atom stereocenters. The normalized spacial score (nSPS) is 17.0. The number of halogens is 1. The zero-order valence-corrected chi connectivity index (χ0v) is 16.1. The maximum atomic E-state index is 4.35. The molecule has 1 fully saturated rings. The molecule has 0 spiro atoms. The smallest absolute Gasteiger partial charge is 0.0796 e. The molecule has 1 saturated carbocycles. The second-order valence-electron chi connectivity index (χ2n) is 7.41. The Morgan fingerprint density at radius 3 is 2.72 bits per heavy atom. The van der Waals surface area contributed by atoms with Crippen molar-refractivity contribution >= 4 is 23.8 Å². The van der Waals surface area contributed by atoms with Crippen molar-refractivity contribution in [3.8, 4) is 0 Å². The molecule has 2 heterocycles. The molecule has 1 aliphatic heterocycles. The Balaban J connectivity index is 0.00000182. The molecule has 1 aromatic heterocycles. The maximum absolute atomic E-state index is 4.35. The molecule has 25 heavy (non-hydrogen) atoms. The van der Waals surface area contributed by atoms with E-state index in [9.17, 15) is 0 Å². The molecule has 0 bridgehead atoms. The SMILES string of the molecule is CCCN(c1ccc2c(c1)CN(CC1CC1)CC2)c1cnn(C)c1.Cl. The van der Waals surface area contributed by atoms with Gasteiger partial charge in [0, 0.05) is 45.1 Å². The highest BCUT2D eigenvalue weighted by Crippen LogP contribution is 2.33. The number of nitrogens with zero attached hydrogens (tertiary/aromatic N) is 4. The minimum atomic E-state index is 0. The van der Waals surface area contributed by atoms with E-state index in [1.165, 1.54) is 54.9 Å². The third kappa shape index (κ3) is 4.18. The summed E-state index contributed by atoms with van der Waals surface area (Å²) < 4.78 is 1.88. The Bertz CT molecular complexity index is 707. The Kier molecular flexibility index (Phi) is 5.70. The Morgan fingerprint density at radius 1 is 1.20 bits per heavy atom. The standard InChI is InChI=1S/C20H28N4.ClH/c1-3-9-24(20-12-21-22(2)15-20)19-7-6-17-8-10-23(13-16-4-5-16)14-18(17)11-19;/h6-7,11-12,15-16H,3-5,8-10,13-14H2,1-2H3;1H. The van der Waals surface area contributed by atoms with Crippen molar-refractivity contribution in [2.24, 2.45) is 13.0 Å². The lowest BCUT2D eigenvalue weighted by Crippen LogP contribution is -2.32. The second kappa shape index (κ2) is 7.79. The number of anilines is 2. The van der Waals surface area contributed by atoms with Gasteiger partial charge >= 0.3 is 0 Å². The zero-order chi connectivity index (χ0) is 16.5. The van der Waals surface area contributed by atoms with Crippen molar-refractivity contribution in [3.63, 3.8) is 0 Å². The number of hydrogen-bond donors (Lipinski definition) is 0. The second-order valence-corrected chi connectivity index (χ2v) is 7.41. The van der Waals surface area contributed by atoms with Crippen LogP contribution < -0.4 is 4.90 Å². The van der Waals surface area contributed by atoms with E-state index in [0.717, 1.165) is 25.4 Å². The molecular weight excluding hydrogens is 332 g/mol. The van der Waals surface area contributed by atoms with Crippen molar-refractivity contribution in [3.05, 3.63) is 41.7 Å². The summed E-state index contributed by atoms with van der Waals surface area (Å²) in [5.74, 6) is 0.974. The highest BCUT2D eigenvalue weighted by molar-refractivity contribution is 5.85. The third-order valence-electron chi connectivity index (χ3n) is 5.26.